The third kappa shape index (κ3) is 2.19. The van der Waals surface area contributed by atoms with Crippen LogP contribution in [0.25, 0.3) is 0 Å². The molecule has 1 rings (SSSR count). The van der Waals surface area contributed by atoms with E-state index in [1.807, 2.05) is 0 Å². The van der Waals surface area contributed by atoms with Crippen LogP contribution in [0.15, 0.2) is 0 Å². The zero-order valence-electron chi connectivity index (χ0n) is 7.74. The van der Waals surface area contributed by atoms with Gasteiger partial charge in [0.15, 0.2) is 0 Å². The molecule has 1 fully saturated rings. The Morgan fingerprint density at radius 2 is 2.00 bits per heavy atom. The van der Waals surface area contributed by atoms with Crippen molar-refractivity contribution in [2.24, 2.45) is 5.92 Å². The van der Waals surface area contributed by atoms with Gasteiger partial charge in [-0.2, -0.15) is 0 Å². The normalized spacial score (nSPS) is 26.5. The molecule has 1 aliphatic rings. The fraction of sp³-hybridized carbons (Fsp3) is 1.00. The number of nitrogens with zero attached hydrogens (tertiary/aromatic N) is 1. The van der Waals surface area contributed by atoms with Crippen LogP contribution in [-0.2, 0) is 0 Å². The van der Waals surface area contributed by atoms with E-state index in [4.69, 9.17) is 10.2 Å². The highest BCUT2D eigenvalue weighted by Crippen LogP contribution is 2.21. The molecule has 0 aromatic rings. The molecule has 0 spiro atoms. The average Bonchev–Trinajstić information content (AvgIpc) is 2.10. The SMILES string of the molecule is CN1CCCCC1C(CO)CO. The van der Waals surface area contributed by atoms with Crippen LogP contribution in [0.5, 0.6) is 0 Å². The van der Waals surface area contributed by atoms with Crippen LogP contribution in [-0.4, -0.2) is 48.0 Å². The standard InChI is InChI=1S/C9H19NO2/c1-10-5-3-2-4-9(10)8(6-11)7-12/h8-9,11-12H,2-7H2,1H3. The maximum absolute atomic E-state index is 9.01. The summed E-state index contributed by atoms with van der Waals surface area (Å²) in [5.41, 5.74) is 0. The van der Waals surface area contributed by atoms with E-state index in [0.29, 0.717) is 6.04 Å². The number of aliphatic hydroxyl groups excluding tert-OH is 2. The predicted molar refractivity (Wildman–Crippen MR) is 47.9 cm³/mol. The molecule has 72 valence electrons. The minimum absolute atomic E-state index is 0.0512. The van der Waals surface area contributed by atoms with Crippen molar-refractivity contribution >= 4 is 0 Å². The maximum atomic E-state index is 9.01. The lowest BCUT2D eigenvalue weighted by molar-refractivity contribution is 0.0504. The molecule has 0 radical (unpaired) electrons. The monoisotopic (exact) mass is 173 g/mol. The zero-order valence-corrected chi connectivity index (χ0v) is 7.74. The second-order valence-corrected chi connectivity index (χ2v) is 3.67. The van der Waals surface area contributed by atoms with Crippen LogP contribution in [0, 0.1) is 5.92 Å². The number of rotatable bonds is 3. The van der Waals surface area contributed by atoms with Gasteiger partial charge in [0.25, 0.3) is 0 Å². The largest absolute Gasteiger partial charge is 0.396 e. The molecule has 1 aliphatic heterocycles. The van der Waals surface area contributed by atoms with Gasteiger partial charge in [-0.3, -0.25) is 0 Å². The Hall–Kier alpha value is -0.120. The number of likely N-dealkylation sites (tertiary alicyclic amines) is 1. The minimum Gasteiger partial charge on any atom is -0.396 e. The molecule has 0 aromatic carbocycles. The zero-order chi connectivity index (χ0) is 8.97. The van der Waals surface area contributed by atoms with Crippen molar-refractivity contribution < 1.29 is 10.2 Å². The summed E-state index contributed by atoms with van der Waals surface area (Å²) in [6, 6.07) is 0.383. The van der Waals surface area contributed by atoms with Crippen molar-refractivity contribution in [3.8, 4) is 0 Å². The highest BCUT2D eigenvalue weighted by molar-refractivity contribution is 4.80. The molecule has 0 amide bonds. The molecule has 0 bridgehead atoms. The summed E-state index contributed by atoms with van der Waals surface area (Å²) in [6.45, 7) is 1.30. The van der Waals surface area contributed by atoms with E-state index < -0.39 is 0 Å². The van der Waals surface area contributed by atoms with E-state index >= 15 is 0 Å². The maximum Gasteiger partial charge on any atom is 0.0496 e. The van der Waals surface area contributed by atoms with E-state index in [0.717, 1.165) is 13.0 Å². The first kappa shape index (κ1) is 9.96. The molecule has 2 N–H and O–H groups in total. The third-order valence-corrected chi connectivity index (χ3v) is 2.84. The van der Waals surface area contributed by atoms with Crippen molar-refractivity contribution in [3.05, 3.63) is 0 Å². The van der Waals surface area contributed by atoms with E-state index in [-0.39, 0.29) is 19.1 Å². The van der Waals surface area contributed by atoms with Gasteiger partial charge in [0, 0.05) is 25.2 Å². The van der Waals surface area contributed by atoms with Gasteiger partial charge < -0.3 is 15.1 Å². The summed E-state index contributed by atoms with van der Waals surface area (Å²) in [6.07, 6.45) is 3.59. The van der Waals surface area contributed by atoms with Crippen LogP contribution in [0.4, 0.5) is 0 Å². The summed E-state index contributed by atoms with van der Waals surface area (Å²) in [7, 11) is 2.07. The van der Waals surface area contributed by atoms with Crippen LogP contribution >= 0.6 is 0 Å². The summed E-state index contributed by atoms with van der Waals surface area (Å²) < 4.78 is 0. The molecule has 1 heterocycles. The van der Waals surface area contributed by atoms with Gasteiger partial charge in [0.1, 0.15) is 0 Å². The Balaban J connectivity index is 2.45. The van der Waals surface area contributed by atoms with Gasteiger partial charge in [-0.05, 0) is 26.4 Å². The molecular formula is C9H19NO2. The Kier molecular flexibility index (Phi) is 3.98. The average molecular weight is 173 g/mol. The minimum atomic E-state index is 0.0512. The highest BCUT2D eigenvalue weighted by atomic mass is 16.3. The highest BCUT2D eigenvalue weighted by Gasteiger charge is 2.26. The molecule has 0 aromatic heterocycles. The smallest absolute Gasteiger partial charge is 0.0496 e. The summed E-state index contributed by atoms with van der Waals surface area (Å²) >= 11 is 0. The Morgan fingerprint density at radius 3 is 2.50 bits per heavy atom. The Morgan fingerprint density at radius 1 is 1.33 bits per heavy atom. The molecule has 1 unspecified atom stereocenters. The second-order valence-electron chi connectivity index (χ2n) is 3.67. The molecule has 3 nitrogen and oxygen atoms in total. The molecule has 0 aliphatic carbocycles. The Labute approximate surface area is 74.0 Å². The number of aliphatic hydroxyl groups is 2. The molecule has 3 heteroatoms. The topological polar surface area (TPSA) is 43.7 Å². The number of hydrogen-bond donors (Lipinski definition) is 2. The first-order chi connectivity index (χ1) is 5.79. The van der Waals surface area contributed by atoms with E-state index in [1.165, 1.54) is 12.8 Å². The summed E-state index contributed by atoms with van der Waals surface area (Å²) in [5, 5.41) is 18.0. The lowest BCUT2D eigenvalue weighted by atomic mass is 9.92. The number of piperidine rings is 1. The van der Waals surface area contributed by atoms with Gasteiger partial charge in [-0.25, -0.2) is 0 Å². The molecule has 1 atom stereocenters. The molecular weight excluding hydrogens is 154 g/mol. The van der Waals surface area contributed by atoms with Crippen LogP contribution in [0.1, 0.15) is 19.3 Å². The van der Waals surface area contributed by atoms with Gasteiger partial charge in [-0.15, -0.1) is 0 Å². The van der Waals surface area contributed by atoms with Gasteiger partial charge in [-0.1, -0.05) is 6.42 Å². The van der Waals surface area contributed by atoms with Gasteiger partial charge >= 0.3 is 0 Å². The lowest BCUT2D eigenvalue weighted by Gasteiger charge is -2.36. The van der Waals surface area contributed by atoms with E-state index in [1.54, 1.807) is 0 Å². The van der Waals surface area contributed by atoms with E-state index in [2.05, 4.69) is 11.9 Å². The summed E-state index contributed by atoms with van der Waals surface area (Å²) in [4.78, 5) is 2.25. The van der Waals surface area contributed by atoms with Crippen molar-refractivity contribution in [1.29, 1.82) is 0 Å². The first-order valence-corrected chi connectivity index (χ1v) is 4.71. The van der Waals surface area contributed by atoms with Gasteiger partial charge in [0.2, 0.25) is 0 Å². The molecule has 0 saturated carbocycles. The quantitative estimate of drug-likeness (QED) is 0.635. The van der Waals surface area contributed by atoms with Crippen molar-refractivity contribution in [1.82, 2.24) is 4.90 Å². The fourth-order valence-corrected chi connectivity index (χ4v) is 2.00. The van der Waals surface area contributed by atoms with Crippen molar-refractivity contribution in [2.75, 3.05) is 26.8 Å². The van der Waals surface area contributed by atoms with Crippen molar-refractivity contribution in [3.63, 3.8) is 0 Å². The van der Waals surface area contributed by atoms with Crippen LogP contribution in [0.3, 0.4) is 0 Å². The number of hydrogen-bond acceptors (Lipinski definition) is 3. The van der Waals surface area contributed by atoms with E-state index in [9.17, 15) is 0 Å². The van der Waals surface area contributed by atoms with Crippen molar-refractivity contribution in [2.45, 2.75) is 25.3 Å². The van der Waals surface area contributed by atoms with Crippen LogP contribution in [0.2, 0.25) is 0 Å². The van der Waals surface area contributed by atoms with Gasteiger partial charge in [0.05, 0.1) is 0 Å². The fourth-order valence-electron chi connectivity index (χ4n) is 2.00. The summed E-state index contributed by atoms with van der Waals surface area (Å²) in [5.74, 6) is 0.0512. The second kappa shape index (κ2) is 4.80. The molecule has 1 saturated heterocycles. The predicted octanol–water partition coefficient (Wildman–Crippen LogP) is 0.0715. The Bertz CT molecular complexity index is 126. The first-order valence-electron chi connectivity index (χ1n) is 4.71. The lowest BCUT2D eigenvalue weighted by Crippen LogP contribution is -2.44. The molecule has 12 heavy (non-hydrogen) atoms. The third-order valence-electron chi connectivity index (χ3n) is 2.84. The van der Waals surface area contributed by atoms with Crippen LogP contribution < -0.4 is 0 Å².